The maximum atomic E-state index is 12.8. The van der Waals surface area contributed by atoms with E-state index in [1.807, 2.05) is 6.92 Å². The van der Waals surface area contributed by atoms with E-state index in [9.17, 15) is 14.7 Å². The minimum atomic E-state index is -0.975. The monoisotopic (exact) mass is 292 g/mol. The van der Waals surface area contributed by atoms with Crippen molar-refractivity contribution < 1.29 is 14.7 Å². The summed E-state index contributed by atoms with van der Waals surface area (Å²) in [7, 11) is 0. The first kappa shape index (κ1) is 13.9. The van der Waals surface area contributed by atoms with E-state index in [1.54, 1.807) is 11.2 Å². The van der Waals surface area contributed by atoms with Crippen LogP contribution in [-0.4, -0.2) is 55.5 Å². The summed E-state index contributed by atoms with van der Waals surface area (Å²) >= 11 is 0. The number of imidazole rings is 1. The molecule has 0 saturated carbocycles. The second kappa shape index (κ2) is 5.05. The molecule has 0 bridgehead atoms. The number of fused-ring (bicyclic) bond motifs is 1. The number of carbonyl (C=O) groups is 2. The van der Waals surface area contributed by atoms with Gasteiger partial charge in [-0.15, -0.1) is 0 Å². The van der Waals surface area contributed by atoms with E-state index in [-0.39, 0.29) is 25.0 Å². The number of aromatic nitrogens is 2. The van der Waals surface area contributed by atoms with E-state index < -0.39 is 12.0 Å². The number of rotatable bonds is 1. The second-order valence-electron chi connectivity index (χ2n) is 6.14. The van der Waals surface area contributed by atoms with Crippen LogP contribution in [0, 0.1) is 5.92 Å². The Kier molecular flexibility index (Phi) is 3.35. The number of aromatic amines is 1. The molecule has 0 radical (unpaired) electrons. The van der Waals surface area contributed by atoms with E-state index in [0.717, 1.165) is 17.8 Å². The fourth-order valence-corrected chi connectivity index (χ4v) is 3.39. The molecule has 7 heteroatoms. The van der Waals surface area contributed by atoms with Gasteiger partial charge in [0.25, 0.3) is 0 Å². The normalized spacial score (nSPS) is 28.6. The smallest absolute Gasteiger partial charge is 0.326 e. The van der Waals surface area contributed by atoms with Gasteiger partial charge in [0.2, 0.25) is 0 Å². The summed E-state index contributed by atoms with van der Waals surface area (Å²) in [4.78, 5) is 34.7. The molecule has 114 valence electrons. The van der Waals surface area contributed by atoms with Crippen molar-refractivity contribution in [2.45, 2.75) is 45.3 Å². The van der Waals surface area contributed by atoms with E-state index in [2.05, 4.69) is 16.9 Å². The Morgan fingerprint density at radius 1 is 1.38 bits per heavy atom. The summed E-state index contributed by atoms with van der Waals surface area (Å²) in [6.07, 6.45) is 2.78. The molecule has 0 aromatic carbocycles. The molecule has 1 saturated heterocycles. The number of nitrogens with one attached hydrogen (secondary N) is 1. The summed E-state index contributed by atoms with van der Waals surface area (Å²) in [5.41, 5.74) is 1.58. The Hall–Kier alpha value is -2.05. The third kappa shape index (κ3) is 2.36. The minimum absolute atomic E-state index is 0.158. The lowest BCUT2D eigenvalue weighted by molar-refractivity contribution is -0.143. The fraction of sp³-hybridized carbons (Fsp3) is 0.643. The van der Waals surface area contributed by atoms with Crippen molar-refractivity contribution in [1.82, 2.24) is 19.8 Å². The zero-order valence-corrected chi connectivity index (χ0v) is 12.2. The van der Waals surface area contributed by atoms with E-state index in [4.69, 9.17) is 0 Å². The molecule has 1 fully saturated rings. The molecule has 3 heterocycles. The average molecular weight is 292 g/mol. The zero-order valence-electron chi connectivity index (χ0n) is 12.2. The number of hydrogen-bond acceptors (Lipinski definition) is 3. The van der Waals surface area contributed by atoms with Crippen molar-refractivity contribution in [3.63, 3.8) is 0 Å². The molecule has 7 nitrogen and oxygen atoms in total. The summed E-state index contributed by atoms with van der Waals surface area (Å²) < 4.78 is 0. The Balaban J connectivity index is 1.85. The van der Waals surface area contributed by atoms with E-state index in [1.165, 1.54) is 4.90 Å². The first-order valence-electron chi connectivity index (χ1n) is 7.28. The molecule has 3 unspecified atom stereocenters. The summed E-state index contributed by atoms with van der Waals surface area (Å²) in [6, 6.07) is -0.860. The van der Waals surface area contributed by atoms with Crippen LogP contribution in [0.3, 0.4) is 0 Å². The molecule has 1 aromatic heterocycles. The van der Waals surface area contributed by atoms with Gasteiger partial charge < -0.3 is 19.9 Å². The number of likely N-dealkylation sites (tertiary alicyclic amines) is 1. The second-order valence-corrected chi connectivity index (χ2v) is 6.14. The molecule has 3 atom stereocenters. The molecule has 2 N–H and O–H groups in total. The van der Waals surface area contributed by atoms with Gasteiger partial charge in [-0.1, -0.05) is 6.92 Å². The molecule has 1 aromatic rings. The molecule has 0 aliphatic carbocycles. The van der Waals surface area contributed by atoms with Gasteiger partial charge in [-0.25, -0.2) is 14.6 Å². The summed E-state index contributed by atoms with van der Waals surface area (Å²) in [5, 5.41) is 9.43. The fourth-order valence-electron chi connectivity index (χ4n) is 3.39. The van der Waals surface area contributed by atoms with Crippen molar-refractivity contribution in [2.75, 3.05) is 6.54 Å². The number of carbonyl (C=O) groups excluding carboxylic acids is 1. The number of urea groups is 1. The maximum absolute atomic E-state index is 12.8. The minimum Gasteiger partial charge on any atom is -0.480 e. The van der Waals surface area contributed by atoms with Crippen LogP contribution in [0.4, 0.5) is 4.79 Å². The molecule has 0 spiro atoms. The Bertz CT molecular complexity index is 570. The SMILES string of the molecule is CC1CC(C)N(C(=O)N2Cc3[nH]cnc3CC2C(=O)O)C1. The molecular weight excluding hydrogens is 272 g/mol. The highest BCUT2D eigenvalue weighted by Gasteiger charge is 2.40. The van der Waals surface area contributed by atoms with Crippen molar-refractivity contribution in [2.24, 2.45) is 5.92 Å². The molecule has 2 aliphatic rings. The highest BCUT2D eigenvalue weighted by Crippen LogP contribution is 2.27. The van der Waals surface area contributed by atoms with Gasteiger partial charge in [0, 0.05) is 19.0 Å². The van der Waals surface area contributed by atoms with Gasteiger partial charge in [0.1, 0.15) is 6.04 Å². The number of carboxylic acid groups (broad SMARTS) is 1. The molecule has 2 aliphatic heterocycles. The van der Waals surface area contributed by atoms with Crippen LogP contribution in [0.2, 0.25) is 0 Å². The van der Waals surface area contributed by atoms with E-state index in [0.29, 0.717) is 12.5 Å². The number of hydrogen-bond donors (Lipinski definition) is 2. The first-order valence-corrected chi connectivity index (χ1v) is 7.28. The lowest BCUT2D eigenvalue weighted by atomic mass is 10.0. The zero-order chi connectivity index (χ0) is 15.1. The van der Waals surface area contributed by atoms with Gasteiger partial charge in [-0.05, 0) is 19.3 Å². The standard InChI is InChI=1S/C14H20N4O3/c1-8-3-9(2)17(5-8)14(21)18-6-11-10(15-7-16-11)4-12(18)13(19)20/h7-9,12H,3-6H2,1-2H3,(H,15,16)(H,19,20). The maximum Gasteiger partial charge on any atom is 0.326 e. The molecule has 2 amide bonds. The van der Waals surface area contributed by atoms with Gasteiger partial charge in [0.15, 0.2) is 0 Å². The third-order valence-electron chi connectivity index (χ3n) is 4.46. The van der Waals surface area contributed by atoms with Crippen LogP contribution >= 0.6 is 0 Å². The van der Waals surface area contributed by atoms with Crippen molar-refractivity contribution in [1.29, 1.82) is 0 Å². The summed E-state index contributed by atoms with van der Waals surface area (Å²) in [6.45, 7) is 5.10. The summed E-state index contributed by atoms with van der Waals surface area (Å²) in [5.74, 6) is -0.517. The predicted octanol–water partition coefficient (Wildman–Crippen LogP) is 1.07. The van der Waals surface area contributed by atoms with E-state index >= 15 is 0 Å². The largest absolute Gasteiger partial charge is 0.480 e. The lowest BCUT2D eigenvalue weighted by Crippen LogP contribution is -2.54. The van der Waals surface area contributed by atoms with Crippen LogP contribution in [0.1, 0.15) is 31.7 Å². The average Bonchev–Trinajstić information content (AvgIpc) is 3.01. The van der Waals surface area contributed by atoms with Crippen LogP contribution < -0.4 is 0 Å². The highest BCUT2D eigenvalue weighted by molar-refractivity contribution is 5.83. The van der Waals surface area contributed by atoms with Gasteiger partial charge in [0.05, 0.1) is 24.3 Å². The van der Waals surface area contributed by atoms with Crippen molar-refractivity contribution >= 4 is 12.0 Å². The first-order chi connectivity index (χ1) is 9.97. The molecule has 3 rings (SSSR count). The number of amides is 2. The van der Waals surface area contributed by atoms with Crippen LogP contribution in [0.15, 0.2) is 6.33 Å². The van der Waals surface area contributed by atoms with Crippen LogP contribution in [0.5, 0.6) is 0 Å². The number of nitrogens with zero attached hydrogens (tertiary/aromatic N) is 3. The van der Waals surface area contributed by atoms with Crippen LogP contribution in [-0.2, 0) is 17.8 Å². The molecular formula is C14H20N4O3. The van der Waals surface area contributed by atoms with Crippen molar-refractivity contribution in [3.05, 3.63) is 17.7 Å². The number of carboxylic acids is 1. The Labute approximate surface area is 122 Å². The van der Waals surface area contributed by atoms with Gasteiger partial charge in [-0.3, -0.25) is 0 Å². The number of aliphatic carboxylic acids is 1. The Morgan fingerprint density at radius 2 is 2.14 bits per heavy atom. The molecule has 21 heavy (non-hydrogen) atoms. The third-order valence-corrected chi connectivity index (χ3v) is 4.46. The lowest BCUT2D eigenvalue weighted by Gasteiger charge is -2.36. The highest BCUT2D eigenvalue weighted by atomic mass is 16.4. The van der Waals surface area contributed by atoms with Gasteiger partial charge >= 0.3 is 12.0 Å². The Morgan fingerprint density at radius 3 is 2.76 bits per heavy atom. The predicted molar refractivity (Wildman–Crippen MR) is 74.6 cm³/mol. The van der Waals surface area contributed by atoms with Gasteiger partial charge in [-0.2, -0.15) is 0 Å². The van der Waals surface area contributed by atoms with Crippen LogP contribution in [0.25, 0.3) is 0 Å². The quantitative estimate of drug-likeness (QED) is 0.810. The number of H-pyrrole nitrogens is 1. The topological polar surface area (TPSA) is 89.5 Å². The van der Waals surface area contributed by atoms with Crippen molar-refractivity contribution in [3.8, 4) is 0 Å².